The maximum absolute atomic E-state index is 12.3. The molecule has 0 radical (unpaired) electrons. The van der Waals surface area contributed by atoms with Crippen LogP contribution in [-0.4, -0.2) is 54.9 Å². The Kier molecular flexibility index (Phi) is 5.35. The first kappa shape index (κ1) is 16.8. The van der Waals surface area contributed by atoms with Crippen LogP contribution in [0.1, 0.15) is 24.3 Å². The van der Waals surface area contributed by atoms with Crippen LogP contribution in [0.3, 0.4) is 0 Å². The summed E-state index contributed by atoms with van der Waals surface area (Å²) in [7, 11) is 0. The third-order valence-corrected chi connectivity index (χ3v) is 4.73. The van der Waals surface area contributed by atoms with Gasteiger partial charge in [-0.05, 0) is 24.3 Å². The van der Waals surface area contributed by atoms with E-state index in [1.807, 2.05) is 30.3 Å². The Hall–Kier alpha value is -2.08. The zero-order chi connectivity index (χ0) is 16.9. The molecule has 2 N–H and O–H groups in total. The number of likely N-dealkylation sites (tertiary alicyclic amines) is 1. The minimum absolute atomic E-state index is 0.166. The molecule has 2 aliphatic rings. The number of amides is 2. The van der Waals surface area contributed by atoms with E-state index in [4.69, 9.17) is 4.74 Å². The number of nitrogens with zero attached hydrogens (tertiary/aromatic N) is 1. The van der Waals surface area contributed by atoms with Gasteiger partial charge in [0.2, 0.25) is 0 Å². The van der Waals surface area contributed by atoms with E-state index in [1.165, 1.54) is 12.8 Å². The number of benzene rings is 1. The smallest absolute Gasteiger partial charge is 0.317 e. The molecule has 24 heavy (non-hydrogen) atoms. The lowest BCUT2D eigenvalue weighted by atomic mass is 9.89. The number of hydrogen-bond donors (Lipinski definition) is 2. The third kappa shape index (κ3) is 4.26. The van der Waals surface area contributed by atoms with Crippen LogP contribution in [0.25, 0.3) is 0 Å². The van der Waals surface area contributed by atoms with Crippen LogP contribution < -0.4 is 5.32 Å². The second kappa shape index (κ2) is 7.66. The summed E-state index contributed by atoms with van der Waals surface area (Å²) in [4.78, 5) is 25.4. The summed E-state index contributed by atoms with van der Waals surface area (Å²) >= 11 is 0. The number of carboxylic acids is 1. The second-order valence-corrected chi connectivity index (χ2v) is 6.62. The average Bonchev–Trinajstić information content (AvgIpc) is 3.30. The summed E-state index contributed by atoms with van der Waals surface area (Å²) in [6.45, 7) is 2.40. The fourth-order valence-electron chi connectivity index (χ4n) is 3.13. The average molecular weight is 332 g/mol. The molecule has 1 aromatic rings. The molecule has 6 nitrogen and oxygen atoms in total. The van der Waals surface area contributed by atoms with Crippen molar-refractivity contribution in [3.63, 3.8) is 0 Å². The first-order chi connectivity index (χ1) is 11.6. The molecular formula is C18H24N2O4. The van der Waals surface area contributed by atoms with Crippen molar-refractivity contribution in [2.75, 3.05) is 32.8 Å². The SMILES string of the molecule is O=C(O)[C@@H]1CN(C(=O)NCCOCC2CC2)C[C@H]1c1ccccc1. The minimum atomic E-state index is -0.855. The molecule has 1 heterocycles. The number of ether oxygens (including phenoxy) is 1. The molecular weight excluding hydrogens is 308 g/mol. The van der Waals surface area contributed by atoms with E-state index >= 15 is 0 Å². The van der Waals surface area contributed by atoms with Crippen molar-refractivity contribution in [3.05, 3.63) is 35.9 Å². The van der Waals surface area contributed by atoms with Gasteiger partial charge < -0.3 is 20.1 Å². The fraction of sp³-hybridized carbons (Fsp3) is 0.556. The highest BCUT2D eigenvalue weighted by Crippen LogP contribution is 2.32. The van der Waals surface area contributed by atoms with Gasteiger partial charge in [-0.2, -0.15) is 0 Å². The predicted octanol–water partition coefficient (Wildman–Crippen LogP) is 1.92. The molecule has 1 saturated carbocycles. The van der Waals surface area contributed by atoms with Crippen LogP contribution in [0.2, 0.25) is 0 Å². The molecule has 0 aromatic heterocycles. The Morgan fingerprint density at radius 3 is 2.62 bits per heavy atom. The molecule has 2 fully saturated rings. The first-order valence-electron chi connectivity index (χ1n) is 8.53. The Labute approximate surface area is 141 Å². The summed E-state index contributed by atoms with van der Waals surface area (Å²) in [6.07, 6.45) is 2.50. The van der Waals surface area contributed by atoms with E-state index in [-0.39, 0.29) is 18.5 Å². The molecule has 130 valence electrons. The molecule has 1 aliphatic heterocycles. The van der Waals surface area contributed by atoms with Crippen molar-refractivity contribution < 1.29 is 19.4 Å². The zero-order valence-electron chi connectivity index (χ0n) is 13.7. The molecule has 1 aromatic carbocycles. The van der Waals surface area contributed by atoms with E-state index in [9.17, 15) is 14.7 Å². The van der Waals surface area contributed by atoms with Crippen LogP contribution >= 0.6 is 0 Å². The maximum Gasteiger partial charge on any atom is 0.317 e. The number of carboxylic acid groups (broad SMARTS) is 1. The Morgan fingerprint density at radius 1 is 1.21 bits per heavy atom. The van der Waals surface area contributed by atoms with Crippen LogP contribution in [0.4, 0.5) is 4.79 Å². The number of carbonyl (C=O) groups excluding carboxylic acids is 1. The van der Waals surface area contributed by atoms with Gasteiger partial charge in [0, 0.05) is 32.2 Å². The number of aliphatic carboxylic acids is 1. The van der Waals surface area contributed by atoms with E-state index < -0.39 is 11.9 Å². The van der Waals surface area contributed by atoms with Crippen molar-refractivity contribution in [1.29, 1.82) is 0 Å². The van der Waals surface area contributed by atoms with E-state index in [0.29, 0.717) is 25.6 Å². The Bertz CT molecular complexity index is 574. The highest BCUT2D eigenvalue weighted by Gasteiger charge is 2.40. The molecule has 0 bridgehead atoms. The number of rotatable bonds is 7. The lowest BCUT2D eigenvalue weighted by Gasteiger charge is -2.17. The monoisotopic (exact) mass is 332 g/mol. The zero-order valence-corrected chi connectivity index (χ0v) is 13.7. The first-order valence-corrected chi connectivity index (χ1v) is 8.53. The lowest BCUT2D eigenvalue weighted by Crippen LogP contribution is -2.40. The largest absolute Gasteiger partial charge is 0.481 e. The number of urea groups is 1. The van der Waals surface area contributed by atoms with Crippen molar-refractivity contribution in [3.8, 4) is 0 Å². The molecule has 0 unspecified atom stereocenters. The van der Waals surface area contributed by atoms with E-state index in [0.717, 1.165) is 12.2 Å². The summed E-state index contributed by atoms with van der Waals surface area (Å²) in [6, 6.07) is 9.33. The molecule has 1 saturated heterocycles. The van der Waals surface area contributed by atoms with E-state index in [2.05, 4.69) is 5.32 Å². The normalized spacial score (nSPS) is 23.2. The van der Waals surface area contributed by atoms with Crippen molar-refractivity contribution >= 4 is 12.0 Å². The summed E-state index contributed by atoms with van der Waals surface area (Å²) in [5, 5.41) is 12.3. The van der Waals surface area contributed by atoms with Gasteiger partial charge >= 0.3 is 12.0 Å². The van der Waals surface area contributed by atoms with Crippen LogP contribution in [-0.2, 0) is 9.53 Å². The van der Waals surface area contributed by atoms with Crippen LogP contribution in [0.5, 0.6) is 0 Å². The fourth-order valence-corrected chi connectivity index (χ4v) is 3.13. The van der Waals surface area contributed by atoms with Gasteiger partial charge in [-0.15, -0.1) is 0 Å². The maximum atomic E-state index is 12.3. The molecule has 2 atom stereocenters. The molecule has 6 heteroatoms. The van der Waals surface area contributed by atoms with Crippen molar-refractivity contribution in [2.24, 2.45) is 11.8 Å². The highest BCUT2D eigenvalue weighted by atomic mass is 16.5. The summed E-state index contributed by atoms with van der Waals surface area (Å²) < 4.78 is 5.49. The molecule has 2 amide bonds. The molecule has 3 rings (SSSR count). The number of carbonyl (C=O) groups is 2. The van der Waals surface area contributed by atoms with Crippen LogP contribution in [0, 0.1) is 11.8 Å². The second-order valence-electron chi connectivity index (χ2n) is 6.62. The molecule has 1 aliphatic carbocycles. The van der Waals surface area contributed by atoms with Crippen LogP contribution in [0.15, 0.2) is 30.3 Å². The van der Waals surface area contributed by atoms with Gasteiger partial charge in [-0.3, -0.25) is 4.79 Å². The predicted molar refractivity (Wildman–Crippen MR) is 88.8 cm³/mol. The summed E-state index contributed by atoms with van der Waals surface area (Å²) in [5.41, 5.74) is 0.966. The van der Waals surface area contributed by atoms with Gasteiger partial charge in [-0.1, -0.05) is 30.3 Å². The van der Waals surface area contributed by atoms with Crippen molar-refractivity contribution in [1.82, 2.24) is 10.2 Å². The van der Waals surface area contributed by atoms with Gasteiger partial charge in [0.15, 0.2) is 0 Å². The standard InChI is InChI=1S/C18H24N2O4/c21-17(22)16-11-20(10-15(16)14-4-2-1-3-5-14)18(23)19-8-9-24-12-13-6-7-13/h1-5,13,15-16H,6-12H2,(H,19,23)(H,21,22)/t15-,16+/m0/s1. The lowest BCUT2D eigenvalue weighted by molar-refractivity contribution is -0.141. The highest BCUT2D eigenvalue weighted by molar-refractivity contribution is 5.78. The van der Waals surface area contributed by atoms with Gasteiger partial charge in [-0.25, -0.2) is 4.79 Å². The Balaban J connectivity index is 1.50. The van der Waals surface area contributed by atoms with E-state index in [1.54, 1.807) is 4.90 Å². The van der Waals surface area contributed by atoms with Gasteiger partial charge in [0.05, 0.1) is 12.5 Å². The number of hydrogen-bond acceptors (Lipinski definition) is 3. The third-order valence-electron chi connectivity index (χ3n) is 4.73. The van der Waals surface area contributed by atoms with Gasteiger partial charge in [0.25, 0.3) is 0 Å². The molecule has 0 spiro atoms. The minimum Gasteiger partial charge on any atom is -0.481 e. The van der Waals surface area contributed by atoms with Gasteiger partial charge in [0.1, 0.15) is 0 Å². The quantitative estimate of drug-likeness (QED) is 0.748. The Morgan fingerprint density at radius 2 is 1.96 bits per heavy atom. The number of nitrogens with one attached hydrogen (secondary N) is 1. The topological polar surface area (TPSA) is 78.9 Å². The summed E-state index contributed by atoms with van der Waals surface area (Å²) in [5.74, 6) is -0.876. The van der Waals surface area contributed by atoms with Crippen molar-refractivity contribution in [2.45, 2.75) is 18.8 Å².